The number of aliphatic hydroxyl groups is 5. The average Bonchev–Trinajstić information content (AvgIpc) is 3.48. The highest BCUT2D eigenvalue weighted by molar-refractivity contribution is 5.76. The van der Waals surface area contributed by atoms with Gasteiger partial charge in [0.05, 0.1) is 25.4 Å². The SMILES string of the molecule is CCCCCCC/C=C\C/C=C\CCCCCCCCCCCCCCCCCCCCCCCCCCCCCC(=O)NC(COC1OC(CO)C(O)C(O)C1O)C(O)/C=C/CCCCCCCCCCCCCCCCCCC. The number of allylic oxidation sites excluding steroid dienone is 5. The molecule has 81 heavy (non-hydrogen) atoms. The topological polar surface area (TPSA) is 149 Å². The monoisotopic (exact) mass is 1140 g/mol. The standard InChI is InChI=1S/C72H137NO8/c1-3-5-7-9-11-13-15-17-19-21-23-24-25-26-27-28-29-30-31-32-33-34-35-36-37-38-39-40-41-42-44-46-48-50-52-54-56-58-60-62-68(76)73-65(64-80-72-71(79)70(78)69(77)67(63-74)81-72)66(75)61-59-57-55-53-51-49-47-45-43-22-20-18-16-14-12-10-8-6-4-2/h15,17,21,23,59,61,65-67,69-72,74-75,77-79H,3-14,16,18-20,22,24-58,60,62-64H2,1-2H3,(H,73,76)/b17-15-,23-21-,61-59+. The number of rotatable bonds is 63. The summed E-state index contributed by atoms with van der Waals surface area (Å²) in [7, 11) is 0. The van der Waals surface area contributed by atoms with Crippen LogP contribution in [0.5, 0.6) is 0 Å². The van der Waals surface area contributed by atoms with Crippen LogP contribution in [0.25, 0.3) is 0 Å². The number of carbonyl (C=O) groups is 1. The quantitative estimate of drug-likeness (QED) is 0.0261. The molecule has 1 heterocycles. The van der Waals surface area contributed by atoms with Crippen molar-refractivity contribution in [3.8, 4) is 0 Å². The van der Waals surface area contributed by atoms with E-state index in [1.54, 1.807) is 6.08 Å². The number of unbranched alkanes of at least 4 members (excludes halogenated alkanes) is 49. The third-order valence-corrected chi connectivity index (χ3v) is 17.2. The highest BCUT2D eigenvalue weighted by atomic mass is 16.7. The summed E-state index contributed by atoms with van der Waals surface area (Å²) in [6.07, 6.45) is 75.5. The first-order valence-corrected chi connectivity index (χ1v) is 35.7. The van der Waals surface area contributed by atoms with Gasteiger partial charge in [-0.25, -0.2) is 0 Å². The zero-order valence-corrected chi connectivity index (χ0v) is 53.6. The van der Waals surface area contributed by atoms with Crippen molar-refractivity contribution in [1.82, 2.24) is 5.32 Å². The molecule has 7 atom stereocenters. The molecule has 7 unspecified atom stereocenters. The normalized spacial score (nSPS) is 18.5. The summed E-state index contributed by atoms with van der Waals surface area (Å²) in [5, 5.41) is 54.7. The second-order valence-corrected chi connectivity index (χ2v) is 25.0. The lowest BCUT2D eigenvalue weighted by molar-refractivity contribution is -0.302. The summed E-state index contributed by atoms with van der Waals surface area (Å²) < 4.78 is 11.3. The van der Waals surface area contributed by atoms with Crippen LogP contribution in [-0.2, 0) is 14.3 Å². The van der Waals surface area contributed by atoms with Crippen LogP contribution in [0.1, 0.15) is 361 Å². The van der Waals surface area contributed by atoms with Crippen molar-refractivity contribution < 1.29 is 39.8 Å². The van der Waals surface area contributed by atoms with Gasteiger partial charge in [-0.3, -0.25) is 4.79 Å². The minimum absolute atomic E-state index is 0.169. The van der Waals surface area contributed by atoms with E-state index in [9.17, 15) is 30.3 Å². The van der Waals surface area contributed by atoms with Gasteiger partial charge in [-0.05, 0) is 51.4 Å². The lowest BCUT2D eigenvalue weighted by atomic mass is 9.99. The Morgan fingerprint density at radius 2 is 0.728 bits per heavy atom. The molecule has 0 spiro atoms. The molecular weight excluding hydrogens is 1010 g/mol. The Hall–Kier alpha value is -1.59. The van der Waals surface area contributed by atoms with Gasteiger partial charge in [0.1, 0.15) is 24.4 Å². The van der Waals surface area contributed by atoms with Crippen molar-refractivity contribution in [2.75, 3.05) is 13.2 Å². The first-order valence-electron chi connectivity index (χ1n) is 35.7. The number of amides is 1. The van der Waals surface area contributed by atoms with Gasteiger partial charge in [0.25, 0.3) is 0 Å². The summed E-state index contributed by atoms with van der Waals surface area (Å²) in [6.45, 7) is 3.82. The second kappa shape index (κ2) is 61.5. The number of nitrogens with one attached hydrogen (secondary N) is 1. The maximum atomic E-state index is 13.1. The Balaban J connectivity index is 2.05. The van der Waals surface area contributed by atoms with Gasteiger partial charge in [-0.1, -0.05) is 339 Å². The molecule has 9 heteroatoms. The molecule has 1 fully saturated rings. The van der Waals surface area contributed by atoms with Crippen molar-refractivity contribution in [2.24, 2.45) is 0 Å². The lowest BCUT2D eigenvalue weighted by Gasteiger charge is -2.40. The van der Waals surface area contributed by atoms with Crippen LogP contribution in [0, 0.1) is 0 Å². The van der Waals surface area contributed by atoms with Crippen LogP contribution in [0.15, 0.2) is 36.5 Å². The predicted molar refractivity (Wildman–Crippen MR) is 346 cm³/mol. The average molecular weight is 1140 g/mol. The van der Waals surface area contributed by atoms with Crippen LogP contribution < -0.4 is 5.32 Å². The highest BCUT2D eigenvalue weighted by Gasteiger charge is 2.44. The van der Waals surface area contributed by atoms with E-state index >= 15 is 0 Å². The predicted octanol–water partition coefficient (Wildman–Crippen LogP) is 19.4. The van der Waals surface area contributed by atoms with Crippen LogP contribution in [0.2, 0.25) is 0 Å². The van der Waals surface area contributed by atoms with Crippen LogP contribution in [0.4, 0.5) is 0 Å². The van der Waals surface area contributed by atoms with E-state index in [4.69, 9.17) is 9.47 Å². The number of hydrogen-bond donors (Lipinski definition) is 6. The van der Waals surface area contributed by atoms with E-state index in [0.717, 1.165) is 44.9 Å². The van der Waals surface area contributed by atoms with Gasteiger partial charge >= 0.3 is 0 Å². The molecule has 0 bridgehead atoms. The molecule has 0 saturated carbocycles. The maximum absolute atomic E-state index is 13.1. The van der Waals surface area contributed by atoms with E-state index in [2.05, 4.69) is 43.5 Å². The third-order valence-electron chi connectivity index (χ3n) is 17.2. The Morgan fingerprint density at radius 3 is 1.06 bits per heavy atom. The van der Waals surface area contributed by atoms with Gasteiger partial charge in [-0.2, -0.15) is 0 Å². The van der Waals surface area contributed by atoms with E-state index < -0.39 is 49.5 Å². The molecule has 0 aromatic carbocycles. The molecule has 0 aromatic heterocycles. The van der Waals surface area contributed by atoms with Crippen molar-refractivity contribution in [3.63, 3.8) is 0 Å². The maximum Gasteiger partial charge on any atom is 0.220 e. The molecule has 9 nitrogen and oxygen atoms in total. The molecule has 0 aliphatic carbocycles. The zero-order valence-electron chi connectivity index (χ0n) is 53.6. The van der Waals surface area contributed by atoms with Crippen LogP contribution in [-0.4, -0.2) is 87.5 Å². The first-order chi connectivity index (χ1) is 39.8. The van der Waals surface area contributed by atoms with Crippen LogP contribution >= 0.6 is 0 Å². The molecule has 0 radical (unpaired) electrons. The minimum atomic E-state index is -1.57. The fourth-order valence-corrected chi connectivity index (χ4v) is 11.6. The van der Waals surface area contributed by atoms with Gasteiger partial charge < -0.3 is 40.3 Å². The summed E-state index contributed by atoms with van der Waals surface area (Å²) in [6, 6.07) is -0.803. The Labute approximate surface area is 501 Å². The van der Waals surface area contributed by atoms with Crippen molar-refractivity contribution >= 4 is 5.91 Å². The first kappa shape index (κ1) is 77.4. The molecule has 478 valence electrons. The molecule has 1 rings (SSSR count). The lowest BCUT2D eigenvalue weighted by Crippen LogP contribution is -2.60. The number of ether oxygens (including phenoxy) is 2. The molecule has 6 N–H and O–H groups in total. The zero-order chi connectivity index (χ0) is 58.6. The number of aliphatic hydroxyl groups excluding tert-OH is 5. The Kier molecular flexibility index (Phi) is 58.8. The molecule has 1 saturated heterocycles. The molecule has 1 amide bonds. The van der Waals surface area contributed by atoms with E-state index in [1.807, 2.05) is 6.08 Å². The summed E-state index contributed by atoms with van der Waals surface area (Å²) >= 11 is 0. The van der Waals surface area contributed by atoms with Gasteiger partial charge in [-0.15, -0.1) is 0 Å². The summed E-state index contributed by atoms with van der Waals surface area (Å²) in [5.41, 5.74) is 0. The van der Waals surface area contributed by atoms with Crippen molar-refractivity contribution in [1.29, 1.82) is 0 Å². The molecular formula is C72H137NO8. The minimum Gasteiger partial charge on any atom is -0.394 e. The largest absolute Gasteiger partial charge is 0.394 e. The smallest absolute Gasteiger partial charge is 0.220 e. The third kappa shape index (κ3) is 50.3. The fourth-order valence-electron chi connectivity index (χ4n) is 11.6. The van der Waals surface area contributed by atoms with Crippen molar-refractivity contribution in [2.45, 2.75) is 403 Å². The van der Waals surface area contributed by atoms with E-state index in [1.165, 1.54) is 295 Å². The van der Waals surface area contributed by atoms with Gasteiger partial charge in [0, 0.05) is 6.42 Å². The molecule has 0 aromatic rings. The number of carbonyl (C=O) groups excluding carboxylic acids is 1. The van der Waals surface area contributed by atoms with E-state index in [0.29, 0.717) is 6.42 Å². The Morgan fingerprint density at radius 1 is 0.420 bits per heavy atom. The van der Waals surface area contributed by atoms with Crippen molar-refractivity contribution in [3.05, 3.63) is 36.5 Å². The Bertz CT molecular complexity index is 1370. The second-order valence-electron chi connectivity index (χ2n) is 25.0. The summed E-state index contributed by atoms with van der Waals surface area (Å²) in [5.74, 6) is -0.169. The summed E-state index contributed by atoms with van der Waals surface area (Å²) in [4.78, 5) is 13.1. The van der Waals surface area contributed by atoms with E-state index in [-0.39, 0.29) is 12.5 Å². The molecule has 1 aliphatic rings. The van der Waals surface area contributed by atoms with Gasteiger partial charge in [0.15, 0.2) is 6.29 Å². The van der Waals surface area contributed by atoms with Gasteiger partial charge in [0.2, 0.25) is 5.91 Å². The van der Waals surface area contributed by atoms with Crippen LogP contribution in [0.3, 0.4) is 0 Å². The number of hydrogen-bond acceptors (Lipinski definition) is 8. The molecule has 1 aliphatic heterocycles. The fraction of sp³-hybridized carbons (Fsp3) is 0.903. The highest BCUT2D eigenvalue weighted by Crippen LogP contribution is 2.23.